The zero-order valence-electron chi connectivity index (χ0n) is 9.47. The number of amides is 3. The Hall–Kier alpha value is -2.24. The van der Waals surface area contributed by atoms with Gasteiger partial charge in [-0.05, 0) is 25.0 Å². The van der Waals surface area contributed by atoms with E-state index in [1.54, 1.807) is 18.2 Å². The second-order valence-corrected chi connectivity index (χ2v) is 4.67. The van der Waals surface area contributed by atoms with Crippen molar-refractivity contribution in [3.05, 3.63) is 30.1 Å². The van der Waals surface area contributed by atoms with Crippen molar-refractivity contribution in [1.82, 2.24) is 15.6 Å². The summed E-state index contributed by atoms with van der Waals surface area (Å²) in [6.07, 6.45) is 2.28. The van der Waals surface area contributed by atoms with Gasteiger partial charge in [-0.2, -0.15) is 0 Å². The molecule has 4 rings (SSSR count). The summed E-state index contributed by atoms with van der Waals surface area (Å²) in [4.78, 5) is 38.9. The zero-order chi connectivity index (χ0) is 12.8. The first-order valence-corrected chi connectivity index (χ1v) is 5.70. The van der Waals surface area contributed by atoms with Crippen LogP contribution >= 0.6 is 0 Å². The third kappa shape index (κ3) is 1.49. The van der Waals surface area contributed by atoms with E-state index in [0.717, 1.165) is 0 Å². The molecule has 0 aromatic carbocycles. The second kappa shape index (κ2) is 3.63. The first-order chi connectivity index (χ1) is 8.61. The van der Waals surface area contributed by atoms with Crippen molar-refractivity contribution in [3.8, 4) is 0 Å². The van der Waals surface area contributed by atoms with Crippen LogP contribution in [-0.2, 0) is 9.59 Å². The number of pyridine rings is 1. The lowest BCUT2D eigenvalue weighted by atomic mass is 9.64. The van der Waals surface area contributed by atoms with E-state index in [1.807, 2.05) is 0 Å². The maximum atomic E-state index is 11.9. The number of hydrogen-bond donors (Lipinski definition) is 2. The molecule has 92 valence electrons. The number of hydrogen-bond acceptors (Lipinski definition) is 4. The minimum atomic E-state index is -0.923. The molecule has 1 aromatic rings. The highest BCUT2D eigenvalue weighted by Crippen LogP contribution is 2.41. The van der Waals surface area contributed by atoms with Crippen molar-refractivity contribution in [1.29, 1.82) is 0 Å². The number of nitrogens with one attached hydrogen (secondary N) is 2. The first-order valence-electron chi connectivity index (χ1n) is 5.70. The van der Waals surface area contributed by atoms with Crippen LogP contribution in [0, 0.1) is 5.92 Å². The number of rotatable bonds is 2. The van der Waals surface area contributed by atoms with Crippen molar-refractivity contribution < 1.29 is 14.4 Å². The maximum absolute atomic E-state index is 11.9. The quantitative estimate of drug-likeness (QED) is 0.695. The van der Waals surface area contributed by atoms with E-state index in [0.29, 0.717) is 12.8 Å². The lowest BCUT2D eigenvalue weighted by Crippen LogP contribution is -2.73. The van der Waals surface area contributed by atoms with E-state index in [4.69, 9.17) is 0 Å². The van der Waals surface area contributed by atoms with E-state index in [9.17, 15) is 14.4 Å². The third-order valence-corrected chi connectivity index (χ3v) is 3.48. The highest BCUT2D eigenvalue weighted by Gasteiger charge is 2.58. The Balaban J connectivity index is 1.77. The molecule has 2 saturated heterocycles. The molecule has 6 heteroatoms. The number of carbonyl (C=O) groups excluding carboxylic acids is 3. The summed E-state index contributed by atoms with van der Waals surface area (Å²) < 4.78 is 0. The summed E-state index contributed by atoms with van der Waals surface area (Å²) in [5.74, 6) is -1.21. The Morgan fingerprint density at radius 2 is 2.17 bits per heavy atom. The van der Waals surface area contributed by atoms with Crippen LogP contribution in [0.5, 0.6) is 0 Å². The molecule has 3 heterocycles. The Labute approximate surface area is 103 Å². The number of imide groups is 1. The maximum Gasteiger partial charge on any atom is 0.270 e. The van der Waals surface area contributed by atoms with Gasteiger partial charge >= 0.3 is 0 Å². The van der Waals surface area contributed by atoms with Crippen molar-refractivity contribution >= 4 is 17.7 Å². The van der Waals surface area contributed by atoms with Gasteiger partial charge in [-0.3, -0.25) is 24.7 Å². The summed E-state index contributed by atoms with van der Waals surface area (Å²) in [6, 6.07) is 4.99. The van der Waals surface area contributed by atoms with Crippen molar-refractivity contribution in [3.63, 3.8) is 0 Å². The van der Waals surface area contributed by atoms with E-state index in [1.165, 1.54) is 6.20 Å². The van der Waals surface area contributed by atoms with Gasteiger partial charge in [0.05, 0.1) is 0 Å². The number of carbonyl (C=O) groups is 3. The van der Waals surface area contributed by atoms with Gasteiger partial charge in [0, 0.05) is 12.1 Å². The van der Waals surface area contributed by atoms with Crippen molar-refractivity contribution in [2.75, 3.05) is 0 Å². The molecule has 3 aliphatic rings. The molecular weight excluding hydrogens is 234 g/mol. The van der Waals surface area contributed by atoms with Crippen LogP contribution in [0.1, 0.15) is 23.3 Å². The molecule has 0 radical (unpaired) electrons. The van der Waals surface area contributed by atoms with Crippen molar-refractivity contribution in [2.24, 2.45) is 5.92 Å². The van der Waals surface area contributed by atoms with E-state index < -0.39 is 17.4 Å². The fraction of sp³-hybridized carbons (Fsp3) is 0.333. The van der Waals surface area contributed by atoms with Crippen LogP contribution in [-0.4, -0.2) is 28.2 Å². The molecule has 18 heavy (non-hydrogen) atoms. The standard InChI is InChI=1S/C12H11N3O3/c16-9-7-5-12(6-7,11(18)14-9)15-10(17)8-3-1-2-4-13-8/h1-4,7H,5-6H2,(H,15,17)(H,14,16,18). The summed E-state index contributed by atoms with van der Waals surface area (Å²) in [6.45, 7) is 0. The predicted molar refractivity (Wildman–Crippen MR) is 60.3 cm³/mol. The molecule has 1 aliphatic carbocycles. The van der Waals surface area contributed by atoms with Crippen LogP contribution in [0.15, 0.2) is 24.4 Å². The zero-order valence-corrected chi connectivity index (χ0v) is 9.47. The van der Waals surface area contributed by atoms with Crippen LogP contribution < -0.4 is 10.6 Å². The Kier molecular flexibility index (Phi) is 2.19. The topological polar surface area (TPSA) is 88.2 Å². The van der Waals surface area contributed by atoms with Crippen molar-refractivity contribution in [2.45, 2.75) is 18.4 Å². The van der Waals surface area contributed by atoms with E-state index in [-0.39, 0.29) is 17.5 Å². The Bertz CT molecular complexity index is 535. The number of piperidine rings is 2. The Morgan fingerprint density at radius 3 is 2.78 bits per heavy atom. The number of nitrogens with zero attached hydrogens (tertiary/aromatic N) is 1. The van der Waals surface area contributed by atoms with Gasteiger partial charge in [-0.1, -0.05) is 6.07 Å². The average Bonchev–Trinajstić information content (AvgIpc) is 2.32. The van der Waals surface area contributed by atoms with Crippen LogP contribution in [0.3, 0.4) is 0 Å². The van der Waals surface area contributed by atoms with Gasteiger partial charge in [-0.15, -0.1) is 0 Å². The Morgan fingerprint density at radius 1 is 1.39 bits per heavy atom. The van der Waals surface area contributed by atoms with Gasteiger partial charge in [0.25, 0.3) is 11.8 Å². The SMILES string of the molecule is O=C(NC12CC(C1)C(=O)NC2=O)c1ccccn1. The lowest BCUT2D eigenvalue weighted by molar-refractivity contribution is -0.152. The van der Waals surface area contributed by atoms with Gasteiger partial charge in [0.1, 0.15) is 11.2 Å². The van der Waals surface area contributed by atoms with Crippen LogP contribution in [0.25, 0.3) is 0 Å². The summed E-state index contributed by atoms with van der Waals surface area (Å²) in [7, 11) is 0. The fourth-order valence-electron chi connectivity index (χ4n) is 2.42. The molecular formula is C12H11N3O3. The summed E-state index contributed by atoms with van der Waals surface area (Å²) in [5, 5.41) is 4.95. The minimum Gasteiger partial charge on any atom is -0.336 e. The molecule has 3 amide bonds. The molecule has 2 aliphatic heterocycles. The molecule has 0 atom stereocenters. The molecule has 2 bridgehead atoms. The lowest BCUT2D eigenvalue weighted by Gasteiger charge is -2.49. The number of aromatic nitrogens is 1. The van der Waals surface area contributed by atoms with E-state index >= 15 is 0 Å². The molecule has 6 nitrogen and oxygen atoms in total. The molecule has 1 aromatic heterocycles. The van der Waals surface area contributed by atoms with Gasteiger partial charge in [0.15, 0.2) is 0 Å². The second-order valence-electron chi connectivity index (χ2n) is 4.67. The highest BCUT2D eigenvalue weighted by molar-refractivity contribution is 6.09. The smallest absolute Gasteiger partial charge is 0.270 e. The van der Waals surface area contributed by atoms with Gasteiger partial charge in [0.2, 0.25) is 5.91 Å². The summed E-state index contributed by atoms with van der Waals surface area (Å²) >= 11 is 0. The molecule has 3 fully saturated rings. The average molecular weight is 245 g/mol. The first kappa shape index (κ1) is 10.9. The number of fused-ring (bicyclic) bond motifs is 2. The molecule has 0 unspecified atom stereocenters. The minimum absolute atomic E-state index is 0.160. The summed E-state index contributed by atoms with van der Waals surface area (Å²) in [5.41, 5.74) is -0.660. The monoisotopic (exact) mass is 245 g/mol. The molecule has 0 spiro atoms. The largest absolute Gasteiger partial charge is 0.336 e. The van der Waals surface area contributed by atoms with Crippen LogP contribution in [0.2, 0.25) is 0 Å². The van der Waals surface area contributed by atoms with E-state index in [2.05, 4.69) is 15.6 Å². The normalized spacial score (nSPS) is 29.2. The highest BCUT2D eigenvalue weighted by atomic mass is 16.2. The predicted octanol–water partition coefficient (Wildman–Crippen LogP) is -0.383. The third-order valence-electron chi connectivity index (χ3n) is 3.48. The molecule has 1 saturated carbocycles. The fourth-order valence-corrected chi connectivity index (χ4v) is 2.42. The van der Waals surface area contributed by atoms with Crippen LogP contribution in [0.4, 0.5) is 0 Å². The van der Waals surface area contributed by atoms with Gasteiger partial charge < -0.3 is 5.32 Å². The molecule has 2 N–H and O–H groups in total. The van der Waals surface area contributed by atoms with Gasteiger partial charge in [-0.25, -0.2) is 0 Å².